The average molecular weight is 517 g/mol. The Bertz CT molecular complexity index is 943. The number of rotatable bonds is 12. The number of carbonyl (C=O) groups is 4. The first-order valence-corrected chi connectivity index (χ1v) is 12.6. The maximum absolute atomic E-state index is 13.6. The van der Waals surface area contributed by atoms with E-state index in [1.165, 1.54) is 4.90 Å². The topological polar surface area (TPSA) is 169 Å². The molecular formula is C26H40N6O5. The van der Waals surface area contributed by atoms with Crippen molar-refractivity contribution >= 4 is 30.2 Å². The van der Waals surface area contributed by atoms with Crippen LogP contribution in [-0.2, 0) is 25.5 Å². The van der Waals surface area contributed by atoms with Crippen LogP contribution < -0.4 is 22.1 Å². The Morgan fingerprint density at radius 2 is 1.89 bits per heavy atom. The zero-order valence-corrected chi connectivity index (χ0v) is 21.9. The van der Waals surface area contributed by atoms with Crippen molar-refractivity contribution in [3.05, 3.63) is 35.9 Å². The van der Waals surface area contributed by atoms with Gasteiger partial charge in [-0.05, 0) is 52.0 Å². The first kappa shape index (κ1) is 29.6. The van der Waals surface area contributed by atoms with E-state index in [0.717, 1.165) is 11.8 Å². The molecule has 204 valence electrons. The van der Waals surface area contributed by atoms with Gasteiger partial charge in [-0.15, -0.1) is 0 Å². The Labute approximate surface area is 218 Å². The Balaban J connectivity index is 2.12. The van der Waals surface area contributed by atoms with Crippen molar-refractivity contribution in [3.63, 3.8) is 0 Å². The highest BCUT2D eigenvalue weighted by atomic mass is 16.6. The molecule has 3 amide bonds. The molecule has 37 heavy (non-hydrogen) atoms. The van der Waals surface area contributed by atoms with Crippen molar-refractivity contribution in [1.82, 2.24) is 15.5 Å². The lowest BCUT2D eigenvalue weighted by Gasteiger charge is -2.30. The summed E-state index contributed by atoms with van der Waals surface area (Å²) in [5, 5.41) is 5.61. The fourth-order valence-electron chi connectivity index (χ4n) is 4.21. The van der Waals surface area contributed by atoms with Crippen molar-refractivity contribution in [2.24, 2.45) is 16.5 Å². The number of likely N-dealkylation sites (tertiary alicyclic amines) is 1. The number of benzene rings is 1. The third-order valence-corrected chi connectivity index (χ3v) is 5.84. The standard InChI is InChI=1S/C26H40N6O5/c1-26(2,3)37-25(36)31-20(17-18-9-5-4-6-10-18)23(35)32-15-8-12-21(32)22(34)30-19(13-16-33)11-7-14-29-24(27)28/h4-6,9-10,16,19-21H,7-8,11-15,17H2,1-3H3,(H,30,34)(H,31,36)(H4,27,28,29)/t19-,20+,21+/m0/s1. The molecule has 0 aromatic heterocycles. The summed E-state index contributed by atoms with van der Waals surface area (Å²) in [6, 6.07) is 7.34. The van der Waals surface area contributed by atoms with Gasteiger partial charge in [0.1, 0.15) is 24.0 Å². The maximum atomic E-state index is 13.6. The van der Waals surface area contributed by atoms with Crippen LogP contribution in [0.15, 0.2) is 35.3 Å². The lowest BCUT2D eigenvalue weighted by atomic mass is 10.0. The van der Waals surface area contributed by atoms with Gasteiger partial charge in [-0.25, -0.2) is 4.79 Å². The predicted octanol–water partition coefficient (Wildman–Crippen LogP) is 1.24. The van der Waals surface area contributed by atoms with Crippen LogP contribution in [0.25, 0.3) is 0 Å². The maximum Gasteiger partial charge on any atom is 0.408 e. The first-order valence-electron chi connectivity index (χ1n) is 12.6. The van der Waals surface area contributed by atoms with Crippen molar-refractivity contribution in [1.29, 1.82) is 0 Å². The zero-order chi connectivity index (χ0) is 27.4. The SMILES string of the molecule is CC(C)(C)OC(=O)N[C@H](Cc1ccccc1)C(=O)N1CCC[C@@H]1C(=O)N[C@H](CC=O)CCCN=C(N)N. The molecule has 11 heteroatoms. The Morgan fingerprint density at radius 1 is 1.19 bits per heavy atom. The van der Waals surface area contributed by atoms with E-state index in [-0.39, 0.29) is 30.6 Å². The molecular weight excluding hydrogens is 476 g/mol. The average Bonchev–Trinajstić information content (AvgIpc) is 3.30. The van der Waals surface area contributed by atoms with Gasteiger partial charge in [0.2, 0.25) is 11.8 Å². The third-order valence-electron chi connectivity index (χ3n) is 5.84. The largest absolute Gasteiger partial charge is 0.444 e. The van der Waals surface area contributed by atoms with E-state index in [1.54, 1.807) is 20.8 Å². The predicted molar refractivity (Wildman–Crippen MR) is 141 cm³/mol. The van der Waals surface area contributed by atoms with E-state index >= 15 is 0 Å². The second-order valence-electron chi connectivity index (χ2n) is 10.1. The number of nitrogens with two attached hydrogens (primary N) is 2. The van der Waals surface area contributed by atoms with E-state index in [4.69, 9.17) is 16.2 Å². The van der Waals surface area contributed by atoms with Crippen molar-refractivity contribution < 1.29 is 23.9 Å². The normalized spacial score (nSPS) is 16.8. The molecule has 0 aliphatic carbocycles. The number of hydrogen-bond acceptors (Lipinski definition) is 6. The number of ether oxygens (including phenoxy) is 1. The fourth-order valence-corrected chi connectivity index (χ4v) is 4.21. The Kier molecular flexibility index (Phi) is 11.4. The molecule has 0 bridgehead atoms. The summed E-state index contributed by atoms with van der Waals surface area (Å²) in [5.74, 6) is -0.691. The molecule has 1 saturated heterocycles. The number of amides is 3. The van der Waals surface area contributed by atoms with E-state index in [9.17, 15) is 19.2 Å². The molecule has 0 unspecified atom stereocenters. The third kappa shape index (κ3) is 10.5. The summed E-state index contributed by atoms with van der Waals surface area (Å²) in [5.41, 5.74) is 10.8. The van der Waals surface area contributed by atoms with Gasteiger partial charge < -0.3 is 36.5 Å². The van der Waals surface area contributed by atoms with Gasteiger partial charge in [-0.1, -0.05) is 30.3 Å². The molecule has 1 heterocycles. The van der Waals surface area contributed by atoms with Gasteiger partial charge in [-0.3, -0.25) is 14.6 Å². The molecule has 0 saturated carbocycles. The smallest absolute Gasteiger partial charge is 0.408 e. The van der Waals surface area contributed by atoms with Crippen LogP contribution in [0.3, 0.4) is 0 Å². The summed E-state index contributed by atoms with van der Waals surface area (Å²) in [7, 11) is 0. The number of aliphatic imine (C=N–C) groups is 1. The summed E-state index contributed by atoms with van der Waals surface area (Å²) >= 11 is 0. The molecule has 6 N–H and O–H groups in total. The Hall–Kier alpha value is -3.63. The van der Waals surface area contributed by atoms with Gasteiger partial charge >= 0.3 is 6.09 Å². The molecule has 2 rings (SSSR count). The van der Waals surface area contributed by atoms with Crippen LogP contribution in [0.2, 0.25) is 0 Å². The number of guanidine groups is 1. The highest BCUT2D eigenvalue weighted by Gasteiger charge is 2.38. The lowest BCUT2D eigenvalue weighted by Crippen LogP contribution is -2.55. The fraction of sp³-hybridized carbons (Fsp3) is 0.577. The molecule has 11 nitrogen and oxygen atoms in total. The summed E-state index contributed by atoms with van der Waals surface area (Å²) < 4.78 is 5.38. The number of hydrogen-bond donors (Lipinski definition) is 4. The minimum atomic E-state index is -0.906. The van der Waals surface area contributed by atoms with Crippen LogP contribution >= 0.6 is 0 Å². The molecule has 0 radical (unpaired) electrons. The van der Waals surface area contributed by atoms with E-state index in [0.29, 0.717) is 38.8 Å². The molecule has 1 aliphatic rings. The molecule has 1 fully saturated rings. The van der Waals surface area contributed by atoms with Crippen molar-refractivity contribution in [2.45, 2.75) is 83.0 Å². The number of alkyl carbamates (subject to hydrolysis) is 1. The Morgan fingerprint density at radius 3 is 2.51 bits per heavy atom. The monoisotopic (exact) mass is 516 g/mol. The minimum Gasteiger partial charge on any atom is -0.444 e. The second kappa shape index (κ2) is 14.2. The number of nitrogens with zero attached hydrogens (tertiary/aromatic N) is 2. The van der Waals surface area contributed by atoms with Crippen molar-refractivity contribution in [2.75, 3.05) is 13.1 Å². The summed E-state index contributed by atoms with van der Waals surface area (Å²) in [4.78, 5) is 55.9. The van der Waals surface area contributed by atoms with Gasteiger partial charge in [0.05, 0.1) is 0 Å². The highest BCUT2D eigenvalue weighted by Crippen LogP contribution is 2.21. The minimum absolute atomic E-state index is 0.0128. The van der Waals surface area contributed by atoms with Gasteiger partial charge in [-0.2, -0.15) is 0 Å². The summed E-state index contributed by atoms with van der Waals surface area (Å²) in [6.07, 6.45) is 2.69. The van der Waals surface area contributed by atoms with Crippen LogP contribution in [0, 0.1) is 0 Å². The van der Waals surface area contributed by atoms with E-state index in [2.05, 4.69) is 15.6 Å². The quantitative estimate of drug-likeness (QED) is 0.140. The van der Waals surface area contributed by atoms with Gasteiger partial charge in [0, 0.05) is 32.0 Å². The van der Waals surface area contributed by atoms with Crippen LogP contribution in [0.5, 0.6) is 0 Å². The highest BCUT2D eigenvalue weighted by molar-refractivity contribution is 5.92. The van der Waals surface area contributed by atoms with Crippen molar-refractivity contribution in [3.8, 4) is 0 Å². The van der Waals surface area contributed by atoms with Gasteiger partial charge in [0.15, 0.2) is 5.96 Å². The number of nitrogens with one attached hydrogen (secondary N) is 2. The van der Waals surface area contributed by atoms with E-state index in [1.807, 2.05) is 30.3 Å². The van der Waals surface area contributed by atoms with Crippen LogP contribution in [-0.4, -0.2) is 71.9 Å². The number of carbonyl (C=O) groups excluding carboxylic acids is 4. The van der Waals surface area contributed by atoms with Crippen LogP contribution in [0.1, 0.15) is 58.4 Å². The van der Waals surface area contributed by atoms with E-state index < -0.39 is 29.8 Å². The molecule has 1 aromatic carbocycles. The lowest BCUT2D eigenvalue weighted by molar-refractivity contribution is -0.140. The molecule has 1 aromatic rings. The zero-order valence-electron chi connectivity index (χ0n) is 21.9. The molecule has 1 aliphatic heterocycles. The van der Waals surface area contributed by atoms with Gasteiger partial charge in [0.25, 0.3) is 0 Å². The number of aldehydes is 1. The van der Waals surface area contributed by atoms with Crippen LogP contribution in [0.4, 0.5) is 4.79 Å². The molecule has 3 atom stereocenters. The second-order valence-corrected chi connectivity index (χ2v) is 10.1. The summed E-state index contributed by atoms with van der Waals surface area (Å²) in [6.45, 7) is 6.01. The molecule has 0 spiro atoms. The first-order chi connectivity index (χ1) is 17.5.